The maximum Gasteiger partial charge on any atom is 0.303 e. The molecule has 1 saturated heterocycles. The van der Waals surface area contributed by atoms with Crippen molar-refractivity contribution >= 4 is 39.8 Å². The van der Waals surface area contributed by atoms with Crippen LogP contribution in [0.4, 0.5) is 0 Å². The molecule has 0 aliphatic carbocycles. The minimum Gasteiger partial charge on any atom is -0.463 e. The number of halogens is 1. The van der Waals surface area contributed by atoms with Crippen molar-refractivity contribution in [3.8, 4) is 0 Å². The van der Waals surface area contributed by atoms with Gasteiger partial charge in [0.25, 0.3) is 0 Å². The summed E-state index contributed by atoms with van der Waals surface area (Å²) in [4.78, 5) is 45.1. The van der Waals surface area contributed by atoms with E-state index < -0.39 is 53.3 Å². The van der Waals surface area contributed by atoms with Crippen molar-refractivity contribution in [3.63, 3.8) is 0 Å². The van der Waals surface area contributed by atoms with E-state index >= 15 is 0 Å². The van der Waals surface area contributed by atoms with Gasteiger partial charge in [-0.05, 0) is 0 Å². The predicted molar refractivity (Wildman–Crippen MR) is 80.9 cm³/mol. The van der Waals surface area contributed by atoms with Crippen LogP contribution in [0.1, 0.15) is 27.7 Å². The zero-order chi connectivity index (χ0) is 18.4. The Hall–Kier alpha value is -1.68. The molecule has 2 unspecified atom stereocenters. The summed E-state index contributed by atoms with van der Waals surface area (Å²) in [5, 5.41) is -0.863. The van der Waals surface area contributed by atoms with Crippen LogP contribution in [0.3, 0.4) is 0 Å². The van der Waals surface area contributed by atoms with E-state index in [9.17, 15) is 19.2 Å². The van der Waals surface area contributed by atoms with Crippen LogP contribution in [0.25, 0.3) is 0 Å². The van der Waals surface area contributed by atoms with Gasteiger partial charge in [0.2, 0.25) is 0 Å². The fourth-order valence-corrected chi connectivity index (χ4v) is 2.86. The van der Waals surface area contributed by atoms with Gasteiger partial charge in [-0.1, -0.05) is 15.9 Å². The number of rotatable bonds is 5. The quantitative estimate of drug-likeness (QED) is 0.362. The highest BCUT2D eigenvalue weighted by Gasteiger charge is 2.51. The lowest BCUT2D eigenvalue weighted by molar-refractivity contribution is -0.236. The van der Waals surface area contributed by atoms with E-state index in [0.717, 1.165) is 13.8 Å². The zero-order valence-corrected chi connectivity index (χ0v) is 15.2. The number of hydrogen-bond donors (Lipinski definition) is 0. The average Bonchev–Trinajstić information content (AvgIpc) is 2.42. The molecule has 1 rings (SSSR count). The van der Waals surface area contributed by atoms with Crippen LogP contribution in [-0.2, 0) is 42.9 Å². The third kappa shape index (κ3) is 6.08. The van der Waals surface area contributed by atoms with Crippen molar-refractivity contribution in [2.24, 2.45) is 0 Å². The second kappa shape index (κ2) is 8.97. The molecule has 0 aromatic rings. The summed E-state index contributed by atoms with van der Waals surface area (Å²) in [7, 11) is 0. The summed E-state index contributed by atoms with van der Waals surface area (Å²) in [6, 6.07) is 0. The summed E-state index contributed by atoms with van der Waals surface area (Å²) in [5.74, 6) is -2.52. The topological polar surface area (TPSA) is 114 Å². The highest BCUT2D eigenvalue weighted by Crippen LogP contribution is 2.31. The molecule has 0 N–H and O–H groups in total. The number of hydrogen-bond acceptors (Lipinski definition) is 9. The third-order valence-electron chi connectivity index (χ3n) is 2.93. The van der Waals surface area contributed by atoms with Crippen molar-refractivity contribution < 1.29 is 42.9 Å². The van der Waals surface area contributed by atoms with Crippen molar-refractivity contribution in [3.05, 3.63) is 0 Å². The Morgan fingerprint density at radius 1 is 0.792 bits per heavy atom. The monoisotopic (exact) mass is 410 g/mol. The van der Waals surface area contributed by atoms with Crippen LogP contribution in [0, 0.1) is 0 Å². The fourth-order valence-electron chi connectivity index (χ4n) is 2.18. The minimum atomic E-state index is -1.13. The first-order chi connectivity index (χ1) is 11.1. The highest BCUT2D eigenvalue weighted by atomic mass is 79.9. The maximum atomic E-state index is 11.4. The maximum absolute atomic E-state index is 11.4. The minimum absolute atomic E-state index is 0.236. The first kappa shape index (κ1) is 20.4. The molecule has 5 atom stereocenters. The lowest BCUT2D eigenvalue weighted by atomic mass is 9.99. The second-order valence-electron chi connectivity index (χ2n) is 5.05. The molecule has 1 fully saturated rings. The van der Waals surface area contributed by atoms with Gasteiger partial charge in [0, 0.05) is 27.7 Å². The third-order valence-corrected chi connectivity index (χ3v) is 3.67. The van der Waals surface area contributed by atoms with E-state index in [1.807, 2.05) is 0 Å². The van der Waals surface area contributed by atoms with E-state index in [0.29, 0.717) is 0 Å². The van der Waals surface area contributed by atoms with Crippen LogP contribution >= 0.6 is 15.9 Å². The molecule has 0 aromatic heterocycles. The molecule has 1 aliphatic heterocycles. The van der Waals surface area contributed by atoms with Crippen LogP contribution < -0.4 is 0 Å². The normalized spacial score (nSPS) is 29.3. The summed E-state index contributed by atoms with van der Waals surface area (Å²) >= 11 is 3.18. The van der Waals surface area contributed by atoms with Gasteiger partial charge in [0.15, 0.2) is 23.3 Å². The van der Waals surface area contributed by atoms with Crippen LogP contribution in [0.2, 0.25) is 0 Å². The first-order valence-corrected chi connectivity index (χ1v) is 7.98. The van der Waals surface area contributed by atoms with Gasteiger partial charge >= 0.3 is 23.9 Å². The van der Waals surface area contributed by atoms with Crippen LogP contribution in [0.5, 0.6) is 0 Å². The Balaban J connectivity index is 3.11. The lowest BCUT2D eigenvalue weighted by Crippen LogP contribution is -2.60. The molecule has 9 nitrogen and oxygen atoms in total. The number of ether oxygens (including phenoxy) is 5. The molecule has 0 aromatic carbocycles. The zero-order valence-electron chi connectivity index (χ0n) is 13.6. The Morgan fingerprint density at radius 3 is 1.71 bits per heavy atom. The number of carbonyl (C=O) groups is 4. The van der Waals surface area contributed by atoms with Crippen molar-refractivity contribution in [1.29, 1.82) is 0 Å². The standard InChI is InChI=1S/C14H19BrO9/c1-6(16)20-5-10-11(21-7(2)17)12(22-8(3)18)13(14(15)24-10)23-9(4)19/h10-14H,5H2,1-4H3/t10?,11-,12?,13+,14+/m0/s1. The van der Waals surface area contributed by atoms with Gasteiger partial charge in [-0.25, -0.2) is 0 Å². The van der Waals surface area contributed by atoms with Gasteiger partial charge in [-0.15, -0.1) is 0 Å². The molecule has 136 valence electrons. The molecular weight excluding hydrogens is 392 g/mol. The van der Waals surface area contributed by atoms with Gasteiger partial charge < -0.3 is 23.7 Å². The number of alkyl halides is 1. The molecule has 1 heterocycles. The molecule has 0 spiro atoms. The Kier molecular flexibility index (Phi) is 7.61. The Bertz CT molecular complexity index is 506. The lowest BCUT2D eigenvalue weighted by Gasteiger charge is -2.42. The molecule has 0 radical (unpaired) electrons. The van der Waals surface area contributed by atoms with Crippen molar-refractivity contribution in [1.82, 2.24) is 0 Å². The number of esters is 4. The predicted octanol–water partition coefficient (Wildman–Crippen LogP) is 0.464. The van der Waals surface area contributed by atoms with E-state index in [1.165, 1.54) is 13.8 Å². The average molecular weight is 411 g/mol. The first-order valence-electron chi connectivity index (χ1n) is 7.06. The van der Waals surface area contributed by atoms with Gasteiger partial charge in [-0.3, -0.25) is 19.2 Å². The van der Waals surface area contributed by atoms with Crippen molar-refractivity contribution in [2.45, 2.75) is 57.1 Å². The summed E-state index contributed by atoms with van der Waals surface area (Å²) in [6.45, 7) is 4.47. The largest absolute Gasteiger partial charge is 0.463 e. The molecule has 0 saturated carbocycles. The van der Waals surface area contributed by atoms with E-state index in [4.69, 9.17) is 23.7 Å². The smallest absolute Gasteiger partial charge is 0.303 e. The second-order valence-corrected chi connectivity index (χ2v) is 5.95. The molecule has 10 heteroatoms. The summed E-state index contributed by atoms with van der Waals surface area (Å²) < 4.78 is 25.9. The van der Waals surface area contributed by atoms with E-state index in [-0.39, 0.29) is 6.61 Å². The SMILES string of the molecule is CC(=O)OCC1O[C@@H](Br)[C@H](OC(C)=O)C(OC(C)=O)[C@H]1OC(C)=O. The highest BCUT2D eigenvalue weighted by molar-refractivity contribution is 9.09. The van der Waals surface area contributed by atoms with Gasteiger partial charge in [0.05, 0.1) is 0 Å². The number of carbonyl (C=O) groups excluding carboxylic acids is 4. The van der Waals surface area contributed by atoms with Crippen LogP contribution in [0.15, 0.2) is 0 Å². The molecule has 1 aliphatic rings. The van der Waals surface area contributed by atoms with E-state index in [1.54, 1.807) is 0 Å². The Labute approximate surface area is 147 Å². The van der Waals surface area contributed by atoms with Gasteiger partial charge in [-0.2, -0.15) is 0 Å². The van der Waals surface area contributed by atoms with Gasteiger partial charge in [0.1, 0.15) is 12.7 Å². The molecule has 24 heavy (non-hydrogen) atoms. The summed E-state index contributed by atoms with van der Waals surface area (Å²) in [5.41, 5.74) is 0. The summed E-state index contributed by atoms with van der Waals surface area (Å²) in [6.07, 6.45) is -4.22. The fraction of sp³-hybridized carbons (Fsp3) is 0.714. The molecule has 0 bridgehead atoms. The Morgan fingerprint density at radius 2 is 1.25 bits per heavy atom. The van der Waals surface area contributed by atoms with Crippen LogP contribution in [-0.4, -0.2) is 59.9 Å². The molecular formula is C14H19BrO9. The molecule has 0 amide bonds. The van der Waals surface area contributed by atoms with E-state index in [2.05, 4.69) is 15.9 Å². The van der Waals surface area contributed by atoms with Crippen molar-refractivity contribution in [2.75, 3.05) is 6.61 Å².